The standard InChI is InChI=1S/C8H15ClF3NS/c1-2-4-13(5-3-9)6-7-14-8(10,11)12/h2-7H2,1H3. The van der Waals surface area contributed by atoms with Gasteiger partial charge < -0.3 is 4.90 Å². The molecule has 0 aliphatic rings. The van der Waals surface area contributed by atoms with Gasteiger partial charge in [-0.05, 0) is 24.7 Å². The Morgan fingerprint density at radius 1 is 1.21 bits per heavy atom. The summed E-state index contributed by atoms with van der Waals surface area (Å²) in [6.45, 7) is 3.92. The van der Waals surface area contributed by atoms with Crippen LogP contribution in [0.1, 0.15) is 13.3 Å². The summed E-state index contributed by atoms with van der Waals surface area (Å²) in [7, 11) is 0. The van der Waals surface area contributed by atoms with E-state index >= 15 is 0 Å². The molecule has 0 saturated heterocycles. The van der Waals surface area contributed by atoms with E-state index < -0.39 is 5.51 Å². The molecule has 14 heavy (non-hydrogen) atoms. The number of alkyl halides is 4. The van der Waals surface area contributed by atoms with E-state index in [-0.39, 0.29) is 17.5 Å². The van der Waals surface area contributed by atoms with Crippen molar-refractivity contribution in [3.05, 3.63) is 0 Å². The fraction of sp³-hybridized carbons (Fsp3) is 1.00. The van der Waals surface area contributed by atoms with Crippen molar-refractivity contribution in [2.45, 2.75) is 18.9 Å². The van der Waals surface area contributed by atoms with Gasteiger partial charge in [-0.25, -0.2) is 0 Å². The predicted molar refractivity (Wildman–Crippen MR) is 56.0 cm³/mol. The van der Waals surface area contributed by atoms with Gasteiger partial charge >= 0.3 is 5.51 Å². The highest BCUT2D eigenvalue weighted by molar-refractivity contribution is 8.00. The second-order valence-electron chi connectivity index (χ2n) is 2.82. The average molecular weight is 250 g/mol. The fourth-order valence-corrected chi connectivity index (χ4v) is 1.88. The zero-order chi connectivity index (χ0) is 11.0. The molecule has 86 valence electrons. The van der Waals surface area contributed by atoms with Crippen LogP contribution in [-0.2, 0) is 0 Å². The van der Waals surface area contributed by atoms with Gasteiger partial charge in [0, 0.05) is 24.7 Å². The lowest BCUT2D eigenvalue weighted by Crippen LogP contribution is -2.29. The molecule has 0 atom stereocenters. The molecule has 0 aliphatic heterocycles. The van der Waals surface area contributed by atoms with Crippen LogP contribution < -0.4 is 0 Å². The largest absolute Gasteiger partial charge is 0.441 e. The van der Waals surface area contributed by atoms with Crippen molar-refractivity contribution in [1.29, 1.82) is 0 Å². The van der Waals surface area contributed by atoms with Gasteiger partial charge in [-0.2, -0.15) is 13.2 Å². The molecule has 0 amide bonds. The maximum Gasteiger partial charge on any atom is 0.441 e. The molecule has 0 aromatic rings. The van der Waals surface area contributed by atoms with Crippen LogP contribution in [0.2, 0.25) is 0 Å². The summed E-state index contributed by atoms with van der Waals surface area (Å²) in [5.41, 5.74) is -4.11. The van der Waals surface area contributed by atoms with Gasteiger partial charge in [0.15, 0.2) is 0 Å². The molecule has 0 aromatic heterocycles. The van der Waals surface area contributed by atoms with E-state index in [0.29, 0.717) is 19.0 Å². The van der Waals surface area contributed by atoms with Gasteiger partial charge in [0.2, 0.25) is 0 Å². The summed E-state index contributed by atoms with van der Waals surface area (Å²) in [6, 6.07) is 0. The van der Waals surface area contributed by atoms with Crippen LogP contribution in [0.25, 0.3) is 0 Å². The molecule has 0 radical (unpaired) electrons. The zero-order valence-electron chi connectivity index (χ0n) is 8.11. The quantitative estimate of drug-likeness (QED) is 0.638. The number of hydrogen-bond acceptors (Lipinski definition) is 2. The second kappa shape index (κ2) is 7.65. The Balaban J connectivity index is 3.60. The first kappa shape index (κ1) is 14.4. The van der Waals surface area contributed by atoms with Crippen LogP contribution >= 0.6 is 23.4 Å². The van der Waals surface area contributed by atoms with Crippen molar-refractivity contribution in [3.63, 3.8) is 0 Å². The smallest absolute Gasteiger partial charge is 0.301 e. The van der Waals surface area contributed by atoms with Crippen molar-refractivity contribution < 1.29 is 13.2 Å². The minimum Gasteiger partial charge on any atom is -0.301 e. The molecule has 0 aliphatic carbocycles. The highest BCUT2D eigenvalue weighted by Crippen LogP contribution is 2.29. The Bertz CT molecular complexity index is 137. The summed E-state index contributed by atoms with van der Waals surface area (Å²) in [5, 5.41) is 0. The van der Waals surface area contributed by atoms with Crippen LogP contribution in [-0.4, -0.2) is 41.7 Å². The molecule has 0 unspecified atom stereocenters. The fourth-order valence-electron chi connectivity index (χ4n) is 1.06. The number of thioether (sulfide) groups is 1. The van der Waals surface area contributed by atoms with E-state index in [0.717, 1.165) is 13.0 Å². The van der Waals surface area contributed by atoms with Crippen LogP contribution in [0.4, 0.5) is 13.2 Å². The molecule has 0 bridgehead atoms. The highest BCUT2D eigenvalue weighted by atomic mass is 35.5. The Kier molecular flexibility index (Phi) is 7.86. The predicted octanol–water partition coefficient (Wildman–Crippen LogP) is 3.19. The van der Waals surface area contributed by atoms with Gasteiger partial charge in [0.25, 0.3) is 0 Å². The summed E-state index contributed by atoms with van der Waals surface area (Å²) in [5.74, 6) is 0.553. The molecule has 0 spiro atoms. The maximum atomic E-state index is 11.8. The average Bonchev–Trinajstić information content (AvgIpc) is 2.02. The first-order valence-corrected chi connectivity index (χ1v) is 6.00. The van der Waals surface area contributed by atoms with E-state index in [2.05, 4.69) is 0 Å². The molecule has 0 saturated carbocycles. The topological polar surface area (TPSA) is 3.24 Å². The molecule has 0 rings (SSSR count). The molecule has 6 heteroatoms. The summed E-state index contributed by atoms with van der Waals surface area (Å²) in [4.78, 5) is 1.95. The van der Waals surface area contributed by atoms with Gasteiger partial charge in [-0.3, -0.25) is 0 Å². The third-order valence-corrected chi connectivity index (χ3v) is 2.50. The summed E-state index contributed by atoms with van der Waals surface area (Å²) >= 11 is 5.56. The van der Waals surface area contributed by atoms with Gasteiger partial charge in [0.1, 0.15) is 0 Å². The van der Waals surface area contributed by atoms with Crippen LogP contribution in [0.3, 0.4) is 0 Å². The van der Waals surface area contributed by atoms with Crippen molar-refractivity contribution >= 4 is 23.4 Å². The Hall–Kier alpha value is 0.390. The summed E-state index contributed by atoms with van der Waals surface area (Å²) in [6.07, 6.45) is 0.938. The number of nitrogens with zero attached hydrogens (tertiary/aromatic N) is 1. The lowest BCUT2D eigenvalue weighted by Gasteiger charge is -2.20. The Morgan fingerprint density at radius 3 is 2.29 bits per heavy atom. The molecular weight excluding hydrogens is 235 g/mol. The molecule has 0 N–H and O–H groups in total. The van der Waals surface area contributed by atoms with E-state index in [1.54, 1.807) is 0 Å². The monoisotopic (exact) mass is 249 g/mol. The Labute approximate surface area is 92.0 Å². The van der Waals surface area contributed by atoms with E-state index in [1.807, 2.05) is 11.8 Å². The highest BCUT2D eigenvalue weighted by Gasteiger charge is 2.27. The first-order chi connectivity index (χ1) is 6.49. The number of halogens is 4. The van der Waals surface area contributed by atoms with Crippen molar-refractivity contribution in [2.24, 2.45) is 0 Å². The van der Waals surface area contributed by atoms with E-state index in [4.69, 9.17) is 11.6 Å². The lowest BCUT2D eigenvalue weighted by atomic mass is 10.4. The molecular formula is C8H15ClF3NS. The molecule has 0 fully saturated rings. The first-order valence-electron chi connectivity index (χ1n) is 4.48. The van der Waals surface area contributed by atoms with Gasteiger partial charge in [-0.15, -0.1) is 11.6 Å². The van der Waals surface area contributed by atoms with Crippen LogP contribution in [0.5, 0.6) is 0 Å². The summed E-state index contributed by atoms with van der Waals surface area (Å²) < 4.78 is 35.4. The van der Waals surface area contributed by atoms with Crippen molar-refractivity contribution in [1.82, 2.24) is 4.90 Å². The van der Waals surface area contributed by atoms with Gasteiger partial charge in [-0.1, -0.05) is 6.92 Å². The third kappa shape index (κ3) is 8.97. The van der Waals surface area contributed by atoms with Crippen LogP contribution in [0.15, 0.2) is 0 Å². The normalized spacial score (nSPS) is 12.4. The minimum atomic E-state index is -4.11. The minimum absolute atomic E-state index is 0.0289. The van der Waals surface area contributed by atoms with Crippen molar-refractivity contribution in [3.8, 4) is 0 Å². The van der Waals surface area contributed by atoms with Crippen LogP contribution in [0, 0.1) is 0 Å². The molecule has 0 aromatic carbocycles. The number of hydrogen-bond donors (Lipinski definition) is 0. The van der Waals surface area contributed by atoms with Gasteiger partial charge in [0.05, 0.1) is 0 Å². The lowest BCUT2D eigenvalue weighted by molar-refractivity contribution is -0.0328. The zero-order valence-corrected chi connectivity index (χ0v) is 9.68. The van der Waals surface area contributed by atoms with E-state index in [1.165, 1.54) is 0 Å². The maximum absolute atomic E-state index is 11.8. The molecule has 0 heterocycles. The second-order valence-corrected chi connectivity index (χ2v) is 4.36. The molecule has 1 nitrogen and oxygen atoms in total. The Morgan fingerprint density at radius 2 is 1.86 bits per heavy atom. The SMILES string of the molecule is CCCN(CCCl)CCSC(F)(F)F. The van der Waals surface area contributed by atoms with Crippen molar-refractivity contribution in [2.75, 3.05) is 31.3 Å². The third-order valence-electron chi connectivity index (χ3n) is 1.61. The van der Waals surface area contributed by atoms with E-state index in [9.17, 15) is 13.2 Å². The number of rotatable bonds is 7.